The fourth-order valence-electron chi connectivity index (χ4n) is 3.88. The molecule has 0 aliphatic carbocycles. The molecule has 2 aromatic carbocycles. The number of methoxy groups -OCH3 is 1. The number of ether oxygens (including phenoxy) is 3. The number of anilines is 1. The van der Waals surface area contributed by atoms with Crippen molar-refractivity contribution in [2.24, 2.45) is 5.92 Å². The number of hydrogen-bond donors (Lipinski definition) is 0. The highest BCUT2D eigenvalue weighted by Gasteiger charge is 2.43. The van der Waals surface area contributed by atoms with Crippen molar-refractivity contribution in [3.05, 3.63) is 59.8 Å². The van der Waals surface area contributed by atoms with E-state index < -0.39 is 0 Å². The van der Waals surface area contributed by atoms with Gasteiger partial charge < -0.3 is 19.1 Å². The molecule has 0 atom stereocenters. The summed E-state index contributed by atoms with van der Waals surface area (Å²) in [6.45, 7) is 6.85. The molecule has 2 heterocycles. The normalized spacial score (nSPS) is 16.9. The van der Waals surface area contributed by atoms with Crippen LogP contribution in [0.5, 0.6) is 11.5 Å². The van der Waals surface area contributed by atoms with Crippen LogP contribution in [0.2, 0.25) is 0 Å². The average Bonchev–Trinajstić information content (AvgIpc) is 3.08. The Hall–Kier alpha value is -3.32. The predicted molar refractivity (Wildman–Crippen MR) is 122 cm³/mol. The predicted octanol–water partition coefficient (Wildman–Crippen LogP) is 3.35. The number of rotatable bonds is 7. The van der Waals surface area contributed by atoms with E-state index in [1.807, 2.05) is 23.1 Å². The number of amides is 2. The van der Waals surface area contributed by atoms with Gasteiger partial charge in [-0.05, 0) is 36.2 Å². The molecule has 4 rings (SSSR count). The minimum Gasteiger partial charge on any atom is -0.496 e. The highest BCUT2D eigenvalue weighted by atomic mass is 16.5. The summed E-state index contributed by atoms with van der Waals surface area (Å²) in [4.78, 5) is 30.4. The summed E-state index contributed by atoms with van der Waals surface area (Å²) in [6.07, 6.45) is 0. The molecule has 7 nitrogen and oxygen atoms in total. The second-order valence-corrected chi connectivity index (χ2v) is 8.17. The van der Waals surface area contributed by atoms with Crippen molar-refractivity contribution in [3.8, 4) is 11.5 Å². The molecule has 0 unspecified atom stereocenters. The van der Waals surface area contributed by atoms with Crippen molar-refractivity contribution in [1.82, 2.24) is 4.90 Å². The van der Waals surface area contributed by atoms with E-state index in [2.05, 4.69) is 13.8 Å². The molecular weight excluding hydrogens is 408 g/mol. The highest BCUT2D eigenvalue weighted by molar-refractivity contribution is 6.45. The fraction of sp³-hybridized carbons (Fsp3) is 0.360. The maximum Gasteiger partial charge on any atom is 0.282 e. The summed E-state index contributed by atoms with van der Waals surface area (Å²) in [5.74, 6) is 0.951. The molecule has 0 radical (unpaired) electrons. The quantitative estimate of drug-likeness (QED) is 0.620. The molecule has 32 heavy (non-hydrogen) atoms. The van der Waals surface area contributed by atoms with Crippen LogP contribution in [-0.4, -0.2) is 56.7 Å². The second-order valence-electron chi connectivity index (χ2n) is 8.17. The summed E-state index contributed by atoms with van der Waals surface area (Å²) in [5.41, 5.74) is 1.86. The minimum absolute atomic E-state index is 0.339. The maximum absolute atomic E-state index is 13.6. The molecule has 0 bridgehead atoms. The zero-order valence-electron chi connectivity index (χ0n) is 18.7. The SMILES string of the molecule is COc1ccccc1C1=C(N2CCOCC2)C(=O)N(c2ccc(OCC(C)C)cc2)C1=O. The van der Waals surface area contributed by atoms with Gasteiger partial charge >= 0.3 is 0 Å². The van der Waals surface area contributed by atoms with Crippen LogP contribution in [0.25, 0.3) is 5.57 Å². The third-order valence-electron chi connectivity index (χ3n) is 5.44. The lowest BCUT2D eigenvalue weighted by atomic mass is 10.0. The van der Waals surface area contributed by atoms with E-state index in [0.29, 0.717) is 72.8 Å². The lowest BCUT2D eigenvalue weighted by molar-refractivity contribution is -0.121. The molecule has 0 spiro atoms. The molecule has 2 aromatic rings. The third kappa shape index (κ3) is 4.21. The first kappa shape index (κ1) is 21.9. The van der Waals surface area contributed by atoms with Gasteiger partial charge in [0.05, 0.1) is 38.2 Å². The van der Waals surface area contributed by atoms with Gasteiger partial charge in [0.1, 0.15) is 17.2 Å². The fourth-order valence-corrected chi connectivity index (χ4v) is 3.88. The molecule has 0 aromatic heterocycles. The van der Waals surface area contributed by atoms with E-state index >= 15 is 0 Å². The Morgan fingerprint density at radius 1 is 0.969 bits per heavy atom. The summed E-state index contributed by atoms with van der Waals surface area (Å²) < 4.78 is 16.7. The molecule has 1 fully saturated rings. The summed E-state index contributed by atoms with van der Waals surface area (Å²) in [6, 6.07) is 14.3. The lowest BCUT2D eigenvalue weighted by Crippen LogP contribution is -2.40. The Morgan fingerprint density at radius 2 is 1.66 bits per heavy atom. The summed E-state index contributed by atoms with van der Waals surface area (Å²) in [7, 11) is 1.56. The maximum atomic E-state index is 13.6. The molecule has 2 amide bonds. The number of para-hydroxylation sites is 1. The van der Waals surface area contributed by atoms with E-state index in [-0.39, 0.29) is 11.8 Å². The molecular formula is C25H28N2O5. The van der Waals surface area contributed by atoms with Crippen molar-refractivity contribution in [2.75, 3.05) is 44.9 Å². The van der Waals surface area contributed by atoms with Crippen molar-refractivity contribution >= 4 is 23.1 Å². The Morgan fingerprint density at radius 3 is 2.31 bits per heavy atom. The first-order chi connectivity index (χ1) is 15.5. The lowest BCUT2D eigenvalue weighted by Gasteiger charge is -2.29. The number of morpholine rings is 1. The van der Waals surface area contributed by atoms with Crippen LogP contribution in [0.4, 0.5) is 5.69 Å². The van der Waals surface area contributed by atoms with E-state index in [4.69, 9.17) is 14.2 Å². The largest absolute Gasteiger partial charge is 0.496 e. The molecule has 0 N–H and O–H groups in total. The Kier molecular flexibility index (Phi) is 6.46. The third-order valence-corrected chi connectivity index (χ3v) is 5.44. The van der Waals surface area contributed by atoms with Gasteiger partial charge in [0, 0.05) is 18.7 Å². The van der Waals surface area contributed by atoms with E-state index in [0.717, 1.165) is 0 Å². The smallest absolute Gasteiger partial charge is 0.282 e. The number of imide groups is 1. The molecule has 7 heteroatoms. The molecule has 0 saturated carbocycles. The van der Waals surface area contributed by atoms with E-state index in [1.54, 1.807) is 37.4 Å². The van der Waals surface area contributed by atoms with Crippen LogP contribution >= 0.6 is 0 Å². The van der Waals surface area contributed by atoms with E-state index in [1.165, 1.54) is 4.90 Å². The molecule has 1 saturated heterocycles. The van der Waals surface area contributed by atoms with Gasteiger partial charge in [0.2, 0.25) is 0 Å². The average molecular weight is 437 g/mol. The zero-order chi connectivity index (χ0) is 22.7. The molecule has 2 aliphatic rings. The monoisotopic (exact) mass is 436 g/mol. The number of benzene rings is 2. The van der Waals surface area contributed by atoms with Crippen LogP contribution in [-0.2, 0) is 14.3 Å². The zero-order valence-corrected chi connectivity index (χ0v) is 18.7. The second kappa shape index (κ2) is 9.44. The molecule has 2 aliphatic heterocycles. The first-order valence-electron chi connectivity index (χ1n) is 10.8. The van der Waals surface area contributed by atoms with Crippen LogP contribution in [0.3, 0.4) is 0 Å². The van der Waals surface area contributed by atoms with E-state index in [9.17, 15) is 9.59 Å². The number of carbonyl (C=O) groups excluding carboxylic acids is 2. The van der Waals surface area contributed by atoms with Gasteiger partial charge in [0.15, 0.2) is 0 Å². The van der Waals surface area contributed by atoms with Crippen molar-refractivity contribution in [3.63, 3.8) is 0 Å². The van der Waals surface area contributed by atoms with Crippen LogP contribution in [0.1, 0.15) is 19.4 Å². The van der Waals surface area contributed by atoms with Gasteiger partial charge in [-0.15, -0.1) is 0 Å². The number of nitrogens with zero attached hydrogens (tertiary/aromatic N) is 2. The van der Waals surface area contributed by atoms with Gasteiger partial charge in [-0.25, -0.2) is 4.90 Å². The Balaban J connectivity index is 1.72. The van der Waals surface area contributed by atoms with Gasteiger partial charge in [0.25, 0.3) is 11.8 Å². The summed E-state index contributed by atoms with van der Waals surface area (Å²) in [5, 5.41) is 0. The Labute approximate surface area is 188 Å². The van der Waals surface area contributed by atoms with Crippen molar-refractivity contribution < 1.29 is 23.8 Å². The van der Waals surface area contributed by atoms with Gasteiger partial charge in [-0.2, -0.15) is 0 Å². The first-order valence-corrected chi connectivity index (χ1v) is 10.8. The molecule has 168 valence electrons. The standard InChI is InChI=1S/C25H28N2O5/c1-17(2)16-32-19-10-8-18(9-11-19)27-24(28)22(20-6-4-5-7-21(20)30-3)23(25(27)29)26-12-14-31-15-13-26/h4-11,17H,12-16H2,1-3H3. The number of carbonyl (C=O) groups is 2. The summed E-state index contributed by atoms with van der Waals surface area (Å²) >= 11 is 0. The topological polar surface area (TPSA) is 68.3 Å². The number of hydrogen-bond acceptors (Lipinski definition) is 6. The highest BCUT2D eigenvalue weighted by Crippen LogP contribution is 2.38. The van der Waals surface area contributed by atoms with Gasteiger partial charge in [-0.3, -0.25) is 9.59 Å². The van der Waals surface area contributed by atoms with Crippen LogP contribution in [0, 0.1) is 5.92 Å². The van der Waals surface area contributed by atoms with Crippen LogP contribution in [0.15, 0.2) is 54.2 Å². The minimum atomic E-state index is -0.364. The van der Waals surface area contributed by atoms with Gasteiger partial charge in [-0.1, -0.05) is 32.0 Å². The van der Waals surface area contributed by atoms with Crippen molar-refractivity contribution in [2.45, 2.75) is 13.8 Å². The van der Waals surface area contributed by atoms with Crippen molar-refractivity contribution in [1.29, 1.82) is 0 Å². The Bertz CT molecular complexity index is 1020. The van der Waals surface area contributed by atoms with Crippen LogP contribution < -0.4 is 14.4 Å².